The molecule has 19 heavy (non-hydrogen) atoms. The first-order valence-electron chi connectivity index (χ1n) is 6.05. The minimum absolute atomic E-state index is 0.00878. The average molecular weight is 274 g/mol. The van der Waals surface area contributed by atoms with Gasteiger partial charge in [0, 0.05) is 32.0 Å². The fourth-order valence-corrected chi connectivity index (χ4v) is 1.93. The molecule has 0 aromatic carbocycles. The number of hydrogen-bond acceptors (Lipinski definition) is 4. The molecule has 0 radical (unpaired) electrons. The quantitative estimate of drug-likeness (QED) is 0.508. The van der Waals surface area contributed by atoms with Gasteiger partial charge in [0.05, 0.1) is 0 Å². The number of amides is 2. The van der Waals surface area contributed by atoms with Crippen LogP contribution in [0.2, 0.25) is 0 Å². The Kier molecular flexibility index (Phi) is 5.56. The molecule has 2 atom stereocenters. The number of nitrogens with zero attached hydrogens (tertiary/aromatic N) is 1. The number of aliphatic hydroxyl groups excluding tert-OH is 1. The lowest BCUT2D eigenvalue weighted by atomic mass is 10.1. The summed E-state index contributed by atoms with van der Waals surface area (Å²) in [6.45, 7) is 0.834. The van der Waals surface area contributed by atoms with Gasteiger partial charge in [-0.1, -0.05) is 0 Å². The van der Waals surface area contributed by atoms with Gasteiger partial charge in [-0.05, 0) is 12.8 Å². The summed E-state index contributed by atoms with van der Waals surface area (Å²) in [7, 11) is 0. The maximum absolute atomic E-state index is 11.8. The second kappa shape index (κ2) is 6.93. The first-order chi connectivity index (χ1) is 8.93. The number of carbonyl (C=O) groups excluding carboxylic acids is 1. The number of hydrogen-bond donors (Lipinski definition) is 4. The molecule has 1 fully saturated rings. The third kappa shape index (κ3) is 4.74. The monoisotopic (exact) mass is 274 g/mol. The van der Waals surface area contributed by atoms with E-state index in [1.54, 1.807) is 0 Å². The summed E-state index contributed by atoms with van der Waals surface area (Å²) in [5, 5.41) is 28.7. The van der Waals surface area contributed by atoms with Crippen LogP contribution in [0.4, 0.5) is 4.79 Å². The molecule has 0 aromatic rings. The summed E-state index contributed by atoms with van der Waals surface area (Å²) in [6.07, 6.45) is 0.195. The summed E-state index contributed by atoms with van der Waals surface area (Å²) in [5.41, 5.74) is 0. The lowest BCUT2D eigenvalue weighted by Gasteiger charge is -2.20. The van der Waals surface area contributed by atoms with Gasteiger partial charge in [-0.3, -0.25) is 4.79 Å². The fourth-order valence-electron chi connectivity index (χ4n) is 1.93. The Morgan fingerprint density at radius 2 is 2.00 bits per heavy atom. The number of nitrogens with one attached hydrogen (secondary N) is 1. The van der Waals surface area contributed by atoms with E-state index in [0.717, 1.165) is 0 Å². The van der Waals surface area contributed by atoms with Crippen LogP contribution in [0.25, 0.3) is 0 Å². The zero-order valence-electron chi connectivity index (χ0n) is 10.4. The summed E-state index contributed by atoms with van der Waals surface area (Å²) >= 11 is 0. The van der Waals surface area contributed by atoms with Crippen molar-refractivity contribution in [1.29, 1.82) is 0 Å². The van der Waals surface area contributed by atoms with Crippen molar-refractivity contribution in [2.45, 2.75) is 25.3 Å². The van der Waals surface area contributed by atoms with E-state index in [2.05, 4.69) is 5.32 Å². The van der Waals surface area contributed by atoms with Gasteiger partial charge >= 0.3 is 18.0 Å². The maximum Gasteiger partial charge on any atom is 0.326 e. The van der Waals surface area contributed by atoms with Crippen LogP contribution < -0.4 is 5.32 Å². The number of urea groups is 1. The number of carboxylic acids is 2. The van der Waals surface area contributed by atoms with Crippen molar-refractivity contribution in [3.05, 3.63) is 0 Å². The van der Waals surface area contributed by atoms with Crippen molar-refractivity contribution in [3.63, 3.8) is 0 Å². The molecule has 0 saturated carbocycles. The predicted molar refractivity (Wildman–Crippen MR) is 63.6 cm³/mol. The minimum Gasteiger partial charge on any atom is -0.481 e. The second-order valence-electron chi connectivity index (χ2n) is 4.56. The molecule has 0 aromatic heterocycles. The smallest absolute Gasteiger partial charge is 0.326 e. The van der Waals surface area contributed by atoms with E-state index in [1.165, 1.54) is 4.90 Å². The number of carbonyl (C=O) groups is 3. The third-order valence-electron chi connectivity index (χ3n) is 3.07. The number of carboxylic acid groups (broad SMARTS) is 2. The van der Waals surface area contributed by atoms with Crippen molar-refractivity contribution < 1.29 is 29.7 Å². The highest BCUT2D eigenvalue weighted by atomic mass is 16.4. The highest BCUT2D eigenvalue weighted by Gasteiger charge is 2.28. The molecule has 0 bridgehead atoms. The number of rotatable bonds is 6. The molecule has 1 saturated heterocycles. The molecule has 8 heteroatoms. The highest BCUT2D eigenvalue weighted by Crippen LogP contribution is 2.15. The number of aliphatic carboxylic acids is 2. The van der Waals surface area contributed by atoms with E-state index < -0.39 is 24.0 Å². The topological polar surface area (TPSA) is 127 Å². The summed E-state index contributed by atoms with van der Waals surface area (Å²) < 4.78 is 0. The van der Waals surface area contributed by atoms with Gasteiger partial charge in [0.1, 0.15) is 6.04 Å². The minimum atomic E-state index is -1.26. The molecule has 1 unspecified atom stereocenters. The normalized spacial score (nSPS) is 20.1. The lowest BCUT2D eigenvalue weighted by molar-refractivity contribution is -0.140. The summed E-state index contributed by atoms with van der Waals surface area (Å²) in [6, 6.07) is -1.74. The van der Waals surface area contributed by atoms with E-state index in [1.807, 2.05) is 0 Å². The molecule has 1 aliphatic rings. The Bertz CT molecular complexity index is 359. The molecular weight excluding hydrogens is 256 g/mol. The molecular formula is C11H18N2O6. The molecule has 1 heterocycles. The highest BCUT2D eigenvalue weighted by molar-refractivity contribution is 5.83. The molecule has 1 aliphatic heterocycles. The van der Waals surface area contributed by atoms with Gasteiger partial charge in [0.25, 0.3) is 0 Å². The Morgan fingerprint density at radius 1 is 1.32 bits per heavy atom. The van der Waals surface area contributed by atoms with Gasteiger partial charge < -0.3 is 25.5 Å². The van der Waals surface area contributed by atoms with Crippen LogP contribution in [0.15, 0.2) is 0 Å². The number of likely N-dealkylation sites (tertiary alicyclic amines) is 1. The van der Waals surface area contributed by atoms with Crippen molar-refractivity contribution in [2.75, 3.05) is 19.7 Å². The molecule has 8 nitrogen and oxygen atoms in total. The van der Waals surface area contributed by atoms with Crippen LogP contribution in [0.1, 0.15) is 19.3 Å². The van der Waals surface area contributed by atoms with Crippen molar-refractivity contribution >= 4 is 18.0 Å². The summed E-state index contributed by atoms with van der Waals surface area (Å²) in [5.74, 6) is -2.34. The van der Waals surface area contributed by atoms with E-state index >= 15 is 0 Å². The molecule has 0 aliphatic carbocycles. The predicted octanol–water partition coefficient (Wildman–Crippen LogP) is -0.672. The van der Waals surface area contributed by atoms with Gasteiger partial charge in [-0.2, -0.15) is 0 Å². The standard InChI is InChI=1S/C11H18N2O6/c14-6-7-3-4-13(5-7)11(19)12-8(10(17)18)1-2-9(15)16/h7-8,14H,1-6H2,(H,12,19)(H,15,16)(H,17,18)/t7?,8-/m0/s1. The second-order valence-corrected chi connectivity index (χ2v) is 4.56. The van der Waals surface area contributed by atoms with E-state index in [9.17, 15) is 14.4 Å². The van der Waals surface area contributed by atoms with Crippen LogP contribution in [0.5, 0.6) is 0 Å². The SMILES string of the molecule is O=C(O)CC[C@H](NC(=O)N1CCC(CO)C1)C(=O)O. The van der Waals surface area contributed by atoms with Crippen LogP contribution >= 0.6 is 0 Å². The Balaban J connectivity index is 2.47. The van der Waals surface area contributed by atoms with Crippen LogP contribution in [-0.2, 0) is 9.59 Å². The fraction of sp³-hybridized carbons (Fsp3) is 0.727. The molecule has 0 spiro atoms. The largest absolute Gasteiger partial charge is 0.481 e. The zero-order valence-corrected chi connectivity index (χ0v) is 10.4. The van der Waals surface area contributed by atoms with E-state index in [0.29, 0.717) is 19.5 Å². The van der Waals surface area contributed by atoms with Gasteiger partial charge in [0.15, 0.2) is 0 Å². The molecule has 108 valence electrons. The van der Waals surface area contributed by atoms with Crippen LogP contribution in [0, 0.1) is 5.92 Å². The number of aliphatic hydroxyl groups is 1. The van der Waals surface area contributed by atoms with Crippen LogP contribution in [0.3, 0.4) is 0 Å². The van der Waals surface area contributed by atoms with Gasteiger partial charge in [-0.25, -0.2) is 9.59 Å². The zero-order chi connectivity index (χ0) is 14.4. The third-order valence-corrected chi connectivity index (χ3v) is 3.07. The van der Waals surface area contributed by atoms with E-state index in [4.69, 9.17) is 15.3 Å². The van der Waals surface area contributed by atoms with Gasteiger partial charge in [0.2, 0.25) is 0 Å². The molecule has 1 rings (SSSR count). The summed E-state index contributed by atoms with van der Waals surface area (Å²) in [4.78, 5) is 34.5. The van der Waals surface area contributed by atoms with Gasteiger partial charge in [-0.15, -0.1) is 0 Å². The Morgan fingerprint density at radius 3 is 2.47 bits per heavy atom. The first-order valence-corrected chi connectivity index (χ1v) is 6.05. The van der Waals surface area contributed by atoms with Crippen LogP contribution in [-0.4, -0.2) is 63.9 Å². The lowest BCUT2D eigenvalue weighted by Crippen LogP contribution is -2.47. The molecule has 2 amide bonds. The maximum atomic E-state index is 11.8. The van der Waals surface area contributed by atoms with Crippen molar-refractivity contribution in [3.8, 4) is 0 Å². The first kappa shape index (κ1) is 15.2. The molecule has 4 N–H and O–H groups in total. The average Bonchev–Trinajstić information content (AvgIpc) is 2.82. The van der Waals surface area contributed by atoms with Crippen molar-refractivity contribution in [1.82, 2.24) is 10.2 Å². The van der Waals surface area contributed by atoms with E-state index in [-0.39, 0.29) is 25.4 Å². The Labute approximate surface area is 110 Å². The Hall–Kier alpha value is -1.83. The van der Waals surface area contributed by atoms with Crippen molar-refractivity contribution in [2.24, 2.45) is 5.92 Å².